The lowest BCUT2D eigenvalue weighted by Gasteiger charge is -2.20. The first-order valence-electron chi connectivity index (χ1n) is 5.90. The van der Waals surface area contributed by atoms with Gasteiger partial charge in [-0.1, -0.05) is 30.3 Å². The molecule has 18 heavy (non-hydrogen) atoms. The summed E-state index contributed by atoms with van der Waals surface area (Å²) in [6.07, 6.45) is -4.55. The van der Waals surface area contributed by atoms with Gasteiger partial charge in [-0.25, -0.2) is 0 Å². The molecule has 0 aromatic heterocycles. The molecule has 0 amide bonds. The lowest BCUT2D eigenvalue weighted by molar-refractivity contribution is -0.163. The maximum Gasteiger partial charge on any atom is 0.186 e. The molecule has 0 spiro atoms. The van der Waals surface area contributed by atoms with Crippen molar-refractivity contribution in [2.75, 3.05) is 7.11 Å². The van der Waals surface area contributed by atoms with Gasteiger partial charge in [0.25, 0.3) is 0 Å². The highest BCUT2D eigenvalue weighted by atomic mass is 16.7. The molecule has 0 radical (unpaired) electrons. The van der Waals surface area contributed by atoms with Crippen molar-refractivity contribution >= 4 is 0 Å². The lowest BCUT2D eigenvalue weighted by Crippen LogP contribution is -2.39. The fourth-order valence-electron chi connectivity index (χ4n) is 2.16. The molecule has 5 heteroatoms. The Bertz CT molecular complexity index is 369. The quantitative estimate of drug-likeness (QED) is 0.686. The monoisotopic (exact) mass is 254 g/mol. The number of aliphatic hydroxyl groups is 3. The van der Waals surface area contributed by atoms with Crippen molar-refractivity contribution in [3.8, 4) is 0 Å². The van der Waals surface area contributed by atoms with Gasteiger partial charge in [-0.05, 0) is 5.56 Å². The van der Waals surface area contributed by atoms with Crippen LogP contribution in [0.3, 0.4) is 0 Å². The summed E-state index contributed by atoms with van der Waals surface area (Å²) in [7, 11) is 1.38. The van der Waals surface area contributed by atoms with Gasteiger partial charge >= 0.3 is 0 Å². The molecule has 1 aliphatic rings. The van der Waals surface area contributed by atoms with Crippen LogP contribution in [0.15, 0.2) is 30.3 Å². The van der Waals surface area contributed by atoms with Crippen molar-refractivity contribution in [1.82, 2.24) is 0 Å². The first-order valence-corrected chi connectivity index (χ1v) is 5.90. The lowest BCUT2D eigenvalue weighted by atomic mass is 9.99. The standard InChI is InChI=1S/C13H18O5/c1-17-13-11(16)10(15)12(18-13)9(14)7-8-5-3-2-4-6-8/h2-6,9-16H,7H2,1H3/t9?,10-,11-,12-,13+/m1/s1. The molecule has 0 bridgehead atoms. The highest BCUT2D eigenvalue weighted by molar-refractivity contribution is 5.16. The van der Waals surface area contributed by atoms with Gasteiger partial charge in [0.05, 0.1) is 6.10 Å². The summed E-state index contributed by atoms with van der Waals surface area (Å²) in [6.45, 7) is 0. The van der Waals surface area contributed by atoms with Crippen molar-refractivity contribution in [2.24, 2.45) is 0 Å². The molecule has 1 aromatic carbocycles. The first kappa shape index (κ1) is 13.5. The maximum absolute atomic E-state index is 10.1. The van der Waals surface area contributed by atoms with Crippen molar-refractivity contribution in [2.45, 2.75) is 37.1 Å². The van der Waals surface area contributed by atoms with E-state index < -0.39 is 30.7 Å². The Hall–Kier alpha value is -0.980. The van der Waals surface area contributed by atoms with Gasteiger partial charge in [-0.2, -0.15) is 0 Å². The zero-order valence-corrected chi connectivity index (χ0v) is 10.1. The molecular formula is C13H18O5. The second-order valence-corrected chi connectivity index (χ2v) is 4.44. The number of ether oxygens (including phenoxy) is 2. The maximum atomic E-state index is 10.1. The van der Waals surface area contributed by atoms with E-state index in [1.165, 1.54) is 7.11 Å². The van der Waals surface area contributed by atoms with Crippen molar-refractivity contribution in [3.05, 3.63) is 35.9 Å². The number of hydrogen-bond acceptors (Lipinski definition) is 5. The molecule has 1 unspecified atom stereocenters. The van der Waals surface area contributed by atoms with E-state index in [0.717, 1.165) is 5.56 Å². The first-order chi connectivity index (χ1) is 8.63. The topological polar surface area (TPSA) is 79.2 Å². The van der Waals surface area contributed by atoms with E-state index in [2.05, 4.69) is 0 Å². The van der Waals surface area contributed by atoms with Crippen LogP contribution in [0.4, 0.5) is 0 Å². The molecule has 0 saturated carbocycles. The van der Waals surface area contributed by atoms with Crippen LogP contribution in [0, 0.1) is 0 Å². The minimum absolute atomic E-state index is 0.353. The normalized spacial score (nSPS) is 33.6. The molecule has 0 aliphatic carbocycles. The Morgan fingerprint density at radius 3 is 2.44 bits per heavy atom. The molecule has 5 nitrogen and oxygen atoms in total. The summed E-state index contributed by atoms with van der Waals surface area (Å²) in [5, 5.41) is 29.5. The third kappa shape index (κ3) is 2.71. The molecule has 1 saturated heterocycles. The summed E-state index contributed by atoms with van der Waals surface area (Å²) in [4.78, 5) is 0. The van der Waals surface area contributed by atoms with E-state index in [9.17, 15) is 15.3 Å². The molecule has 1 aliphatic heterocycles. The van der Waals surface area contributed by atoms with Crippen LogP contribution in [-0.4, -0.2) is 53.1 Å². The van der Waals surface area contributed by atoms with Gasteiger partial charge < -0.3 is 24.8 Å². The van der Waals surface area contributed by atoms with E-state index in [0.29, 0.717) is 6.42 Å². The van der Waals surface area contributed by atoms with Crippen LogP contribution in [-0.2, 0) is 15.9 Å². The Labute approximate surface area is 106 Å². The smallest absolute Gasteiger partial charge is 0.186 e. The van der Waals surface area contributed by atoms with Crippen LogP contribution < -0.4 is 0 Å². The fourth-order valence-corrected chi connectivity index (χ4v) is 2.16. The number of hydrogen-bond donors (Lipinski definition) is 3. The van der Waals surface area contributed by atoms with E-state index in [1.807, 2.05) is 30.3 Å². The summed E-state index contributed by atoms with van der Waals surface area (Å²) in [5.41, 5.74) is 0.941. The second kappa shape index (κ2) is 5.77. The van der Waals surface area contributed by atoms with Crippen LogP contribution in [0.5, 0.6) is 0 Å². The molecular weight excluding hydrogens is 236 g/mol. The number of benzene rings is 1. The third-order valence-electron chi connectivity index (χ3n) is 3.16. The van der Waals surface area contributed by atoms with E-state index in [-0.39, 0.29) is 0 Å². The number of methoxy groups -OCH3 is 1. The Balaban J connectivity index is 1.99. The number of rotatable bonds is 4. The minimum Gasteiger partial charge on any atom is -0.390 e. The van der Waals surface area contributed by atoms with Crippen LogP contribution in [0.2, 0.25) is 0 Å². The average Bonchev–Trinajstić information content (AvgIpc) is 2.67. The summed E-state index contributed by atoms with van der Waals surface area (Å²) >= 11 is 0. The predicted molar refractivity (Wildman–Crippen MR) is 63.8 cm³/mol. The Morgan fingerprint density at radius 1 is 1.22 bits per heavy atom. The van der Waals surface area contributed by atoms with Crippen LogP contribution >= 0.6 is 0 Å². The van der Waals surface area contributed by atoms with Crippen LogP contribution in [0.1, 0.15) is 5.56 Å². The third-order valence-corrected chi connectivity index (χ3v) is 3.16. The summed E-state index contributed by atoms with van der Waals surface area (Å²) in [5.74, 6) is 0. The second-order valence-electron chi connectivity index (χ2n) is 4.44. The van der Waals surface area contributed by atoms with Gasteiger partial charge in [0.2, 0.25) is 0 Å². The molecule has 5 atom stereocenters. The van der Waals surface area contributed by atoms with Gasteiger partial charge in [0, 0.05) is 13.5 Å². The summed E-state index contributed by atoms with van der Waals surface area (Å²) in [6, 6.07) is 9.41. The highest BCUT2D eigenvalue weighted by Crippen LogP contribution is 2.25. The highest BCUT2D eigenvalue weighted by Gasteiger charge is 2.46. The van der Waals surface area contributed by atoms with Gasteiger partial charge in [0.15, 0.2) is 6.29 Å². The van der Waals surface area contributed by atoms with E-state index >= 15 is 0 Å². The fraction of sp³-hybridized carbons (Fsp3) is 0.538. The van der Waals surface area contributed by atoms with Crippen molar-refractivity contribution < 1.29 is 24.8 Å². The van der Waals surface area contributed by atoms with Gasteiger partial charge in [0.1, 0.15) is 18.3 Å². The SMILES string of the molecule is CO[C@H]1O[C@H](C(O)Cc2ccccc2)[C@H](O)[C@H]1O. The van der Waals surface area contributed by atoms with Gasteiger partial charge in [-0.3, -0.25) is 0 Å². The Kier molecular flexibility index (Phi) is 4.31. The number of aliphatic hydroxyl groups excluding tert-OH is 3. The zero-order valence-electron chi connectivity index (χ0n) is 10.1. The van der Waals surface area contributed by atoms with Crippen LogP contribution in [0.25, 0.3) is 0 Å². The molecule has 100 valence electrons. The molecule has 1 heterocycles. The Morgan fingerprint density at radius 2 is 1.89 bits per heavy atom. The van der Waals surface area contributed by atoms with E-state index in [4.69, 9.17) is 9.47 Å². The van der Waals surface area contributed by atoms with Crippen molar-refractivity contribution in [3.63, 3.8) is 0 Å². The zero-order chi connectivity index (χ0) is 13.1. The van der Waals surface area contributed by atoms with Crippen molar-refractivity contribution in [1.29, 1.82) is 0 Å². The molecule has 2 rings (SSSR count). The van der Waals surface area contributed by atoms with Gasteiger partial charge in [-0.15, -0.1) is 0 Å². The molecule has 3 N–H and O–H groups in total. The summed E-state index contributed by atoms with van der Waals surface area (Å²) < 4.78 is 10.2. The largest absolute Gasteiger partial charge is 0.390 e. The predicted octanol–water partition coefficient (Wildman–Crippen LogP) is -0.317. The molecule has 1 aromatic rings. The van der Waals surface area contributed by atoms with E-state index in [1.54, 1.807) is 0 Å². The minimum atomic E-state index is -1.14. The molecule has 1 fully saturated rings. The average molecular weight is 254 g/mol.